The first kappa shape index (κ1) is 19.4. The van der Waals surface area contributed by atoms with E-state index in [0.717, 1.165) is 13.0 Å². The lowest BCUT2D eigenvalue weighted by Crippen LogP contribution is -2.40. The second-order valence-corrected chi connectivity index (χ2v) is 6.99. The van der Waals surface area contributed by atoms with Gasteiger partial charge in [0, 0.05) is 12.1 Å². The highest BCUT2D eigenvalue weighted by Gasteiger charge is 2.17. The Hall–Kier alpha value is -1.62. The zero-order valence-electron chi connectivity index (χ0n) is 14.8. The van der Waals surface area contributed by atoms with Crippen LogP contribution < -0.4 is 10.6 Å². The number of carbonyl (C=O) groups is 1. The van der Waals surface area contributed by atoms with Crippen LogP contribution in [0.5, 0.6) is 0 Å². The quantitative estimate of drug-likeness (QED) is 0.805. The number of rotatable bonds is 7. The number of hydrogen-bond donors (Lipinski definition) is 2. The van der Waals surface area contributed by atoms with Gasteiger partial charge in [-0.2, -0.15) is 0 Å². The van der Waals surface area contributed by atoms with Gasteiger partial charge >= 0.3 is 6.09 Å². The molecule has 2 N–H and O–H groups in total. The third-order valence-electron chi connectivity index (χ3n) is 3.32. The summed E-state index contributed by atoms with van der Waals surface area (Å²) in [6.07, 6.45) is 1.02. The van der Waals surface area contributed by atoms with Crippen LogP contribution in [0.25, 0.3) is 0 Å². The van der Waals surface area contributed by atoms with E-state index < -0.39 is 11.7 Å². The second kappa shape index (κ2) is 8.87. The fourth-order valence-corrected chi connectivity index (χ4v) is 2.19. The smallest absolute Gasteiger partial charge is 0.407 e. The molecule has 0 aliphatic heterocycles. The van der Waals surface area contributed by atoms with Crippen LogP contribution in [0.15, 0.2) is 24.3 Å². The normalized spacial score (nSPS) is 14.2. The average Bonchev–Trinajstić information content (AvgIpc) is 2.39. The predicted molar refractivity (Wildman–Crippen MR) is 91.0 cm³/mol. The molecule has 1 amide bonds. The van der Waals surface area contributed by atoms with Crippen molar-refractivity contribution in [2.45, 2.75) is 65.1 Å². The molecule has 0 aliphatic rings. The Balaban J connectivity index is 2.25. The molecular formula is C18H29FN2O2. The van der Waals surface area contributed by atoms with Gasteiger partial charge in [0.15, 0.2) is 0 Å². The zero-order chi connectivity index (χ0) is 17.5. The molecule has 0 saturated carbocycles. The molecule has 0 aliphatic carbocycles. The van der Waals surface area contributed by atoms with Crippen molar-refractivity contribution in [1.29, 1.82) is 0 Å². The summed E-state index contributed by atoms with van der Waals surface area (Å²) >= 11 is 0. The summed E-state index contributed by atoms with van der Waals surface area (Å²) in [5.74, 6) is -0.166. The highest BCUT2D eigenvalue weighted by Crippen LogP contribution is 2.09. The van der Waals surface area contributed by atoms with Crippen molar-refractivity contribution < 1.29 is 13.9 Å². The number of ether oxygens (including phenoxy) is 1. The van der Waals surface area contributed by atoms with Crippen LogP contribution in [0.4, 0.5) is 9.18 Å². The molecular weight excluding hydrogens is 295 g/mol. The van der Waals surface area contributed by atoms with Gasteiger partial charge in [-0.3, -0.25) is 0 Å². The summed E-state index contributed by atoms with van der Waals surface area (Å²) < 4.78 is 18.8. The highest BCUT2D eigenvalue weighted by molar-refractivity contribution is 5.67. The lowest BCUT2D eigenvalue weighted by Gasteiger charge is -2.22. The van der Waals surface area contributed by atoms with Crippen molar-refractivity contribution in [3.63, 3.8) is 0 Å². The first-order chi connectivity index (χ1) is 10.7. The summed E-state index contributed by atoms with van der Waals surface area (Å²) in [6.45, 7) is 10.2. The molecule has 23 heavy (non-hydrogen) atoms. The molecule has 130 valence electrons. The number of nitrogens with one attached hydrogen (secondary N) is 2. The Kier molecular flexibility index (Phi) is 7.49. The molecule has 0 bridgehead atoms. The van der Waals surface area contributed by atoms with Crippen molar-refractivity contribution in [2.24, 2.45) is 0 Å². The molecule has 1 aromatic rings. The van der Waals surface area contributed by atoms with Crippen molar-refractivity contribution in [2.75, 3.05) is 6.54 Å². The molecule has 0 heterocycles. The van der Waals surface area contributed by atoms with Gasteiger partial charge in [-0.05, 0) is 65.6 Å². The van der Waals surface area contributed by atoms with E-state index in [1.54, 1.807) is 12.1 Å². The second-order valence-electron chi connectivity index (χ2n) is 6.99. The Morgan fingerprint density at radius 2 is 1.87 bits per heavy atom. The van der Waals surface area contributed by atoms with Crippen molar-refractivity contribution >= 4 is 6.09 Å². The molecule has 4 nitrogen and oxygen atoms in total. The molecule has 0 spiro atoms. The van der Waals surface area contributed by atoms with Crippen LogP contribution in [0.3, 0.4) is 0 Å². The van der Waals surface area contributed by atoms with E-state index in [2.05, 4.69) is 10.6 Å². The summed E-state index contributed by atoms with van der Waals surface area (Å²) in [7, 11) is 0. The third-order valence-corrected chi connectivity index (χ3v) is 3.32. The lowest BCUT2D eigenvalue weighted by molar-refractivity contribution is 0.0506. The van der Waals surface area contributed by atoms with E-state index in [4.69, 9.17) is 4.74 Å². The van der Waals surface area contributed by atoms with Crippen LogP contribution in [0.1, 0.15) is 46.6 Å². The summed E-state index contributed by atoms with van der Waals surface area (Å²) in [5.41, 5.74) is 0.225. The van der Waals surface area contributed by atoms with Crippen molar-refractivity contribution in [3.8, 4) is 0 Å². The Morgan fingerprint density at radius 1 is 1.22 bits per heavy atom. The molecule has 0 saturated heterocycles. The molecule has 1 rings (SSSR count). The number of alkyl carbamates (subject to hydrolysis) is 1. The molecule has 0 fully saturated rings. The fourth-order valence-electron chi connectivity index (χ4n) is 2.19. The average molecular weight is 324 g/mol. The Bertz CT molecular complexity index is 500. The van der Waals surface area contributed by atoms with Crippen LogP contribution in [0.2, 0.25) is 0 Å². The van der Waals surface area contributed by atoms with Gasteiger partial charge in [0.05, 0.1) is 0 Å². The minimum Gasteiger partial charge on any atom is -0.444 e. The third kappa shape index (κ3) is 8.55. The van der Waals surface area contributed by atoms with E-state index in [1.807, 2.05) is 40.7 Å². The first-order valence-corrected chi connectivity index (χ1v) is 8.13. The molecule has 5 heteroatoms. The molecule has 0 aromatic heterocycles. The number of benzene rings is 1. The van der Waals surface area contributed by atoms with Crippen LogP contribution >= 0.6 is 0 Å². The lowest BCUT2D eigenvalue weighted by atomic mass is 10.1. The standard InChI is InChI=1S/C18H29FN2O2/c1-13(21-17(22)23-18(3,4)5)10-11-20-14(2)12-15-8-6-7-9-16(15)19/h6-9,13-14,20H,10-12H2,1-5H3,(H,21,22). The van der Waals surface area contributed by atoms with Gasteiger partial charge < -0.3 is 15.4 Å². The van der Waals surface area contributed by atoms with Crippen molar-refractivity contribution in [1.82, 2.24) is 10.6 Å². The number of halogens is 1. The topological polar surface area (TPSA) is 50.4 Å². The van der Waals surface area contributed by atoms with Gasteiger partial charge in [-0.15, -0.1) is 0 Å². The van der Waals surface area contributed by atoms with E-state index in [-0.39, 0.29) is 17.9 Å². The van der Waals surface area contributed by atoms with E-state index >= 15 is 0 Å². The molecule has 2 atom stereocenters. The molecule has 2 unspecified atom stereocenters. The minimum atomic E-state index is -0.490. The SMILES string of the molecule is CC(Cc1ccccc1F)NCCC(C)NC(=O)OC(C)(C)C. The Morgan fingerprint density at radius 3 is 2.48 bits per heavy atom. The van der Waals surface area contributed by atoms with Crippen LogP contribution in [0, 0.1) is 5.82 Å². The molecule has 1 aromatic carbocycles. The molecule has 0 radical (unpaired) electrons. The van der Waals surface area contributed by atoms with Gasteiger partial charge in [-0.1, -0.05) is 18.2 Å². The maximum absolute atomic E-state index is 13.6. The predicted octanol–water partition coefficient (Wildman–Crippen LogP) is 3.65. The minimum absolute atomic E-state index is 0.0120. The fraction of sp³-hybridized carbons (Fsp3) is 0.611. The Labute approximate surface area is 138 Å². The monoisotopic (exact) mass is 324 g/mol. The van der Waals surface area contributed by atoms with Gasteiger partial charge in [0.2, 0.25) is 0 Å². The summed E-state index contributed by atoms with van der Waals surface area (Å²) in [6, 6.07) is 7.01. The summed E-state index contributed by atoms with van der Waals surface area (Å²) in [5, 5.41) is 6.16. The highest BCUT2D eigenvalue weighted by atomic mass is 19.1. The number of hydrogen-bond acceptors (Lipinski definition) is 3. The van der Waals surface area contributed by atoms with E-state index in [0.29, 0.717) is 12.0 Å². The first-order valence-electron chi connectivity index (χ1n) is 8.13. The number of carbonyl (C=O) groups excluding carboxylic acids is 1. The van der Waals surface area contributed by atoms with Crippen molar-refractivity contribution in [3.05, 3.63) is 35.6 Å². The maximum atomic E-state index is 13.6. The van der Waals surface area contributed by atoms with Crippen LogP contribution in [-0.2, 0) is 11.2 Å². The maximum Gasteiger partial charge on any atom is 0.407 e. The van der Waals surface area contributed by atoms with Gasteiger partial charge in [0.1, 0.15) is 11.4 Å². The zero-order valence-corrected chi connectivity index (χ0v) is 14.8. The van der Waals surface area contributed by atoms with Gasteiger partial charge in [-0.25, -0.2) is 9.18 Å². The van der Waals surface area contributed by atoms with Gasteiger partial charge in [0.25, 0.3) is 0 Å². The van der Waals surface area contributed by atoms with E-state index in [9.17, 15) is 9.18 Å². The van der Waals surface area contributed by atoms with Crippen LogP contribution in [-0.4, -0.2) is 30.3 Å². The largest absolute Gasteiger partial charge is 0.444 e. The summed E-state index contributed by atoms with van der Waals surface area (Å²) in [4.78, 5) is 11.6. The van der Waals surface area contributed by atoms with E-state index in [1.165, 1.54) is 6.07 Å². The number of amides is 1.